The van der Waals surface area contributed by atoms with Gasteiger partial charge in [0.15, 0.2) is 0 Å². The molecule has 0 fully saturated rings. The van der Waals surface area contributed by atoms with Gasteiger partial charge >= 0.3 is 0 Å². The Morgan fingerprint density at radius 2 is 1.84 bits per heavy atom. The van der Waals surface area contributed by atoms with Gasteiger partial charge in [0, 0.05) is 11.6 Å². The molecular weight excluding hydrogens is 242 g/mol. The third-order valence-electron chi connectivity index (χ3n) is 2.68. The largest absolute Gasteiger partial charge is 0.496 e. The maximum absolute atomic E-state index is 10.7. The van der Waals surface area contributed by atoms with Crippen LogP contribution in [0.4, 0.5) is 5.69 Å². The van der Waals surface area contributed by atoms with E-state index in [4.69, 9.17) is 4.74 Å². The van der Waals surface area contributed by atoms with E-state index < -0.39 is 4.92 Å². The lowest BCUT2D eigenvalue weighted by Crippen LogP contribution is -1.91. The summed E-state index contributed by atoms with van der Waals surface area (Å²) in [7, 11) is 1.50. The minimum absolute atomic E-state index is 0.0220. The molecule has 0 aromatic heterocycles. The topological polar surface area (TPSA) is 52.4 Å². The van der Waals surface area contributed by atoms with E-state index in [1.807, 2.05) is 42.5 Å². The molecule has 0 N–H and O–H groups in total. The van der Waals surface area contributed by atoms with E-state index in [2.05, 4.69) is 0 Å². The number of ether oxygens (including phenoxy) is 1. The van der Waals surface area contributed by atoms with Crippen LogP contribution in [-0.2, 0) is 0 Å². The van der Waals surface area contributed by atoms with Gasteiger partial charge in [0.05, 0.1) is 18.1 Å². The van der Waals surface area contributed by atoms with Gasteiger partial charge in [-0.2, -0.15) is 0 Å². The van der Waals surface area contributed by atoms with E-state index >= 15 is 0 Å². The molecule has 2 aromatic rings. The highest BCUT2D eigenvalue weighted by Crippen LogP contribution is 2.26. The molecule has 0 amide bonds. The van der Waals surface area contributed by atoms with E-state index in [0.717, 1.165) is 11.1 Å². The minimum atomic E-state index is -0.437. The molecule has 96 valence electrons. The van der Waals surface area contributed by atoms with Crippen LogP contribution in [0.25, 0.3) is 12.2 Å². The Bertz CT molecular complexity index is 606. The number of nitrogens with zero attached hydrogens (tertiary/aromatic N) is 1. The Morgan fingerprint density at radius 3 is 2.47 bits per heavy atom. The first-order valence-electron chi connectivity index (χ1n) is 5.76. The molecule has 0 heterocycles. The highest BCUT2D eigenvalue weighted by Gasteiger charge is 2.09. The zero-order valence-corrected chi connectivity index (χ0v) is 10.4. The van der Waals surface area contributed by atoms with Crippen LogP contribution in [0, 0.1) is 10.1 Å². The number of hydrogen-bond acceptors (Lipinski definition) is 3. The Balaban J connectivity index is 2.30. The lowest BCUT2D eigenvalue weighted by Gasteiger charge is -2.04. The SMILES string of the molecule is COc1cc([N+](=O)[O-])ccc1/C=C/c1ccccc1. The number of non-ortho nitro benzene ring substituents is 1. The van der Waals surface area contributed by atoms with Crippen molar-refractivity contribution in [3.8, 4) is 5.75 Å². The number of nitro benzene ring substituents is 1. The van der Waals surface area contributed by atoms with Crippen molar-refractivity contribution in [1.82, 2.24) is 0 Å². The Morgan fingerprint density at radius 1 is 1.11 bits per heavy atom. The fourth-order valence-electron chi connectivity index (χ4n) is 1.70. The predicted octanol–water partition coefficient (Wildman–Crippen LogP) is 3.77. The first kappa shape index (κ1) is 12.8. The quantitative estimate of drug-likeness (QED) is 0.474. The first-order valence-corrected chi connectivity index (χ1v) is 5.76. The van der Waals surface area contributed by atoms with Crippen LogP contribution in [-0.4, -0.2) is 12.0 Å². The summed E-state index contributed by atoms with van der Waals surface area (Å²) < 4.78 is 5.17. The number of benzene rings is 2. The smallest absolute Gasteiger partial charge is 0.273 e. The van der Waals surface area contributed by atoms with Crippen LogP contribution >= 0.6 is 0 Å². The van der Waals surface area contributed by atoms with E-state index in [1.54, 1.807) is 6.07 Å². The third kappa shape index (κ3) is 3.19. The standard InChI is InChI=1S/C15H13NO3/c1-19-15-11-14(16(17)18)10-9-13(15)8-7-12-5-3-2-4-6-12/h2-11H,1H3/b8-7+. The van der Waals surface area contributed by atoms with Gasteiger partial charge in [-0.15, -0.1) is 0 Å². The Hall–Kier alpha value is -2.62. The van der Waals surface area contributed by atoms with Crippen molar-refractivity contribution in [2.45, 2.75) is 0 Å². The van der Waals surface area contributed by atoms with Crippen molar-refractivity contribution in [2.75, 3.05) is 7.11 Å². The lowest BCUT2D eigenvalue weighted by atomic mass is 10.1. The van der Waals surface area contributed by atoms with E-state index in [9.17, 15) is 10.1 Å². The van der Waals surface area contributed by atoms with Gasteiger partial charge in [0.25, 0.3) is 5.69 Å². The van der Waals surface area contributed by atoms with Crippen molar-refractivity contribution in [3.05, 3.63) is 69.8 Å². The zero-order valence-electron chi connectivity index (χ0n) is 10.4. The van der Waals surface area contributed by atoms with Gasteiger partial charge < -0.3 is 4.74 Å². The molecule has 2 aromatic carbocycles. The fourth-order valence-corrected chi connectivity index (χ4v) is 1.70. The zero-order chi connectivity index (χ0) is 13.7. The minimum Gasteiger partial charge on any atom is -0.496 e. The predicted molar refractivity (Wildman–Crippen MR) is 75.0 cm³/mol. The molecular formula is C15H13NO3. The maximum atomic E-state index is 10.7. The number of hydrogen-bond donors (Lipinski definition) is 0. The van der Waals surface area contributed by atoms with Crippen molar-refractivity contribution >= 4 is 17.8 Å². The second-order valence-electron chi connectivity index (χ2n) is 3.93. The molecule has 4 heteroatoms. The van der Waals surface area contributed by atoms with Gasteiger partial charge in [0.1, 0.15) is 5.75 Å². The number of methoxy groups -OCH3 is 1. The van der Waals surface area contributed by atoms with E-state index in [-0.39, 0.29) is 5.69 Å². The first-order chi connectivity index (χ1) is 9.20. The summed E-state index contributed by atoms with van der Waals surface area (Å²) in [4.78, 5) is 10.3. The average Bonchev–Trinajstić information content (AvgIpc) is 2.45. The summed E-state index contributed by atoms with van der Waals surface area (Å²) in [6, 6.07) is 14.4. The molecule has 0 aliphatic rings. The lowest BCUT2D eigenvalue weighted by molar-refractivity contribution is -0.384. The molecule has 0 spiro atoms. The maximum Gasteiger partial charge on any atom is 0.273 e. The summed E-state index contributed by atoms with van der Waals surface area (Å²) in [5.74, 6) is 0.487. The molecule has 4 nitrogen and oxygen atoms in total. The monoisotopic (exact) mass is 255 g/mol. The van der Waals surface area contributed by atoms with Gasteiger partial charge in [-0.25, -0.2) is 0 Å². The molecule has 19 heavy (non-hydrogen) atoms. The molecule has 2 rings (SSSR count). The van der Waals surface area contributed by atoms with Crippen molar-refractivity contribution < 1.29 is 9.66 Å². The van der Waals surface area contributed by atoms with E-state index in [1.165, 1.54) is 19.2 Å². The van der Waals surface area contributed by atoms with Gasteiger partial charge in [-0.3, -0.25) is 10.1 Å². The summed E-state index contributed by atoms with van der Waals surface area (Å²) in [5.41, 5.74) is 1.88. The van der Waals surface area contributed by atoms with Crippen molar-refractivity contribution in [3.63, 3.8) is 0 Å². The molecule has 0 saturated carbocycles. The molecule has 0 saturated heterocycles. The summed E-state index contributed by atoms with van der Waals surface area (Å²) in [6.07, 6.45) is 3.81. The van der Waals surface area contributed by atoms with Crippen molar-refractivity contribution in [2.24, 2.45) is 0 Å². The van der Waals surface area contributed by atoms with Crippen LogP contribution in [0.3, 0.4) is 0 Å². The van der Waals surface area contributed by atoms with Crippen molar-refractivity contribution in [1.29, 1.82) is 0 Å². The molecule has 0 bridgehead atoms. The highest BCUT2D eigenvalue weighted by atomic mass is 16.6. The Kier molecular flexibility index (Phi) is 3.93. The van der Waals surface area contributed by atoms with Gasteiger partial charge in [-0.05, 0) is 11.6 Å². The average molecular weight is 255 g/mol. The van der Waals surface area contributed by atoms with Crippen LogP contribution in [0.5, 0.6) is 5.75 Å². The third-order valence-corrected chi connectivity index (χ3v) is 2.68. The molecule has 0 radical (unpaired) electrons. The highest BCUT2D eigenvalue weighted by molar-refractivity contribution is 5.73. The fraction of sp³-hybridized carbons (Fsp3) is 0.0667. The number of nitro groups is 1. The summed E-state index contributed by atoms with van der Waals surface area (Å²) in [5, 5.41) is 10.7. The Labute approximate surface area is 111 Å². The second-order valence-corrected chi connectivity index (χ2v) is 3.93. The molecule has 0 unspecified atom stereocenters. The summed E-state index contributed by atoms with van der Waals surface area (Å²) in [6.45, 7) is 0. The van der Waals surface area contributed by atoms with Crippen LogP contribution in [0.15, 0.2) is 48.5 Å². The molecule has 0 atom stereocenters. The van der Waals surface area contributed by atoms with E-state index in [0.29, 0.717) is 5.75 Å². The van der Waals surface area contributed by atoms with Gasteiger partial charge in [-0.1, -0.05) is 42.5 Å². The van der Waals surface area contributed by atoms with Crippen LogP contribution in [0.1, 0.15) is 11.1 Å². The normalized spacial score (nSPS) is 10.6. The summed E-state index contributed by atoms with van der Waals surface area (Å²) >= 11 is 0. The van der Waals surface area contributed by atoms with Crippen LogP contribution in [0.2, 0.25) is 0 Å². The van der Waals surface area contributed by atoms with Crippen LogP contribution < -0.4 is 4.74 Å². The number of rotatable bonds is 4. The molecule has 0 aliphatic carbocycles. The second kappa shape index (κ2) is 5.82. The molecule has 0 aliphatic heterocycles. The van der Waals surface area contributed by atoms with Gasteiger partial charge in [0.2, 0.25) is 0 Å².